The van der Waals surface area contributed by atoms with Gasteiger partial charge in [-0.15, -0.1) is 0 Å². The Kier molecular flexibility index (Phi) is 8.10. The van der Waals surface area contributed by atoms with Gasteiger partial charge in [-0.05, 0) is 46.6 Å². The van der Waals surface area contributed by atoms with Gasteiger partial charge in [-0.1, -0.05) is 34.1 Å². The summed E-state index contributed by atoms with van der Waals surface area (Å²) in [7, 11) is -3.82. The fourth-order valence-corrected chi connectivity index (χ4v) is 6.12. The number of amides is 2. The smallest absolute Gasteiger partial charge is 0.315 e. The average molecular weight is 589 g/mol. The largest absolute Gasteiger partial charge is 0.336 e. The molecule has 0 aliphatic carbocycles. The Balaban J connectivity index is 1.55. The maximum atomic E-state index is 13.6. The average Bonchev–Trinajstić information content (AvgIpc) is 3.14. The van der Waals surface area contributed by atoms with Crippen LogP contribution in [0.2, 0.25) is 0 Å². The number of nitrogens with zero attached hydrogens (tertiary/aromatic N) is 2. The third-order valence-electron chi connectivity index (χ3n) is 4.94. The van der Waals surface area contributed by atoms with Crippen LogP contribution in [0.1, 0.15) is 12.0 Å². The zero-order valence-corrected chi connectivity index (χ0v) is 20.7. The lowest BCUT2D eigenvalue weighted by Gasteiger charge is -2.18. The lowest BCUT2D eigenvalue weighted by Crippen LogP contribution is -2.42. The molecule has 170 valence electrons. The highest BCUT2D eigenvalue weighted by Crippen LogP contribution is 2.27. The molecule has 2 unspecified atom stereocenters. The third-order valence-corrected chi connectivity index (χ3v) is 7.95. The van der Waals surface area contributed by atoms with E-state index in [4.69, 9.17) is 0 Å². The minimum atomic E-state index is -3.82. The van der Waals surface area contributed by atoms with Crippen LogP contribution in [0.25, 0.3) is 0 Å². The number of sulfonamides is 1. The molecular formula is C20H20Br2FN5O3S. The van der Waals surface area contributed by atoms with E-state index in [-0.39, 0.29) is 30.6 Å². The summed E-state index contributed by atoms with van der Waals surface area (Å²) < 4.78 is 42.9. The number of hydrogen-bond donors (Lipinski definition) is 3. The van der Waals surface area contributed by atoms with Gasteiger partial charge >= 0.3 is 6.03 Å². The Morgan fingerprint density at radius 3 is 2.69 bits per heavy atom. The van der Waals surface area contributed by atoms with Crippen LogP contribution in [-0.2, 0) is 16.6 Å². The minimum absolute atomic E-state index is 0.0229. The number of likely N-dealkylation sites (tertiary alicyclic amines) is 1. The first-order valence-electron chi connectivity index (χ1n) is 9.58. The maximum Gasteiger partial charge on any atom is 0.315 e. The molecule has 0 aromatic heterocycles. The van der Waals surface area contributed by atoms with Gasteiger partial charge < -0.3 is 15.5 Å². The van der Waals surface area contributed by atoms with E-state index in [0.29, 0.717) is 20.9 Å². The summed E-state index contributed by atoms with van der Waals surface area (Å²) in [6.45, 7) is 0.342. The number of benzene rings is 2. The highest BCUT2D eigenvalue weighted by molar-refractivity contribution is 9.11. The number of nitrogens with one attached hydrogen (secondary N) is 3. The fraction of sp³-hybridized carbons (Fsp3) is 0.300. The molecule has 3 N–H and O–H groups in total. The summed E-state index contributed by atoms with van der Waals surface area (Å²) >= 11 is 6.52. The molecule has 8 nitrogen and oxygen atoms in total. The van der Waals surface area contributed by atoms with Crippen molar-refractivity contribution in [2.45, 2.75) is 29.9 Å². The van der Waals surface area contributed by atoms with E-state index in [2.05, 4.69) is 47.2 Å². The van der Waals surface area contributed by atoms with E-state index in [9.17, 15) is 22.9 Å². The van der Waals surface area contributed by atoms with Gasteiger partial charge in [0.25, 0.3) is 0 Å². The van der Waals surface area contributed by atoms with Crippen molar-refractivity contribution in [3.8, 4) is 6.19 Å². The van der Waals surface area contributed by atoms with E-state index in [1.54, 1.807) is 30.3 Å². The van der Waals surface area contributed by atoms with Crippen molar-refractivity contribution >= 4 is 47.9 Å². The van der Waals surface area contributed by atoms with Gasteiger partial charge in [-0.3, -0.25) is 0 Å². The predicted octanol–water partition coefficient (Wildman–Crippen LogP) is 3.05. The zero-order chi connectivity index (χ0) is 23.3. The molecule has 0 spiro atoms. The summed E-state index contributed by atoms with van der Waals surface area (Å²) in [6, 6.07) is 9.57. The van der Waals surface area contributed by atoms with Crippen LogP contribution < -0.4 is 15.4 Å². The van der Waals surface area contributed by atoms with Crippen molar-refractivity contribution in [1.82, 2.24) is 20.3 Å². The molecule has 0 radical (unpaired) electrons. The van der Waals surface area contributed by atoms with E-state index >= 15 is 0 Å². The quantitative estimate of drug-likeness (QED) is 0.430. The Labute approximate surface area is 202 Å². The lowest BCUT2D eigenvalue weighted by atomic mass is 10.2. The maximum absolute atomic E-state index is 13.6. The van der Waals surface area contributed by atoms with Gasteiger partial charge in [0.05, 0.1) is 10.9 Å². The fourth-order valence-electron chi connectivity index (χ4n) is 3.37. The first-order chi connectivity index (χ1) is 15.2. The Morgan fingerprint density at radius 2 is 1.97 bits per heavy atom. The molecular weight excluding hydrogens is 569 g/mol. The molecule has 1 aliphatic heterocycles. The van der Waals surface area contributed by atoms with E-state index in [1.165, 1.54) is 17.0 Å². The second-order valence-corrected chi connectivity index (χ2v) is 10.6. The molecule has 2 atom stereocenters. The molecule has 2 amide bonds. The Bertz CT molecular complexity index is 1140. The van der Waals surface area contributed by atoms with Crippen LogP contribution in [0, 0.1) is 17.3 Å². The summed E-state index contributed by atoms with van der Waals surface area (Å²) in [5, 5.41) is 14.6. The van der Waals surface area contributed by atoms with Crippen LogP contribution in [-0.4, -0.2) is 44.5 Å². The van der Waals surface area contributed by atoms with Crippen LogP contribution in [0.3, 0.4) is 0 Å². The second kappa shape index (κ2) is 10.6. The number of carbonyl (C=O) groups is 1. The summed E-state index contributed by atoms with van der Waals surface area (Å²) in [5.41, 5.74) is 0.357. The van der Waals surface area contributed by atoms with Crippen molar-refractivity contribution in [2.75, 3.05) is 13.1 Å². The summed E-state index contributed by atoms with van der Waals surface area (Å²) in [6.07, 6.45) is 2.38. The van der Waals surface area contributed by atoms with Gasteiger partial charge in [-0.25, -0.2) is 22.3 Å². The second-order valence-electron chi connectivity index (χ2n) is 7.19. The number of hydrogen-bond acceptors (Lipinski definition) is 5. The van der Waals surface area contributed by atoms with E-state index in [1.807, 2.05) is 6.19 Å². The normalized spacial score (nSPS) is 18.2. The summed E-state index contributed by atoms with van der Waals surface area (Å²) in [4.78, 5) is 13.6. The van der Waals surface area contributed by atoms with Gasteiger partial charge in [0, 0.05) is 40.2 Å². The number of urea groups is 1. The van der Waals surface area contributed by atoms with Crippen LogP contribution in [0.15, 0.2) is 56.3 Å². The zero-order valence-electron chi connectivity index (χ0n) is 16.7. The summed E-state index contributed by atoms with van der Waals surface area (Å²) in [5.74, 6) is -0.411. The number of carbonyl (C=O) groups excluding carboxylic acids is 1. The molecule has 1 saturated heterocycles. The van der Waals surface area contributed by atoms with Gasteiger partial charge in [0.15, 0.2) is 6.19 Å². The van der Waals surface area contributed by atoms with Crippen molar-refractivity contribution in [2.24, 2.45) is 0 Å². The first-order valence-corrected chi connectivity index (χ1v) is 12.7. The molecule has 1 fully saturated rings. The minimum Gasteiger partial charge on any atom is -0.336 e. The number of rotatable bonds is 7. The van der Waals surface area contributed by atoms with Gasteiger partial charge in [0.1, 0.15) is 5.82 Å². The lowest BCUT2D eigenvalue weighted by molar-refractivity contribution is 0.236. The molecule has 12 heteroatoms. The molecule has 0 saturated carbocycles. The predicted molar refractivity (Wildman–Crippen MR) is 123 cm³/mol. The topological polar surface area (TPSA) is 114 Å². The Hall–Kier alpha value is -2.20. The third kappa shape index (κ3) is 6.19. The molecule has 32 heavy (non-hydrogen) atoms. The standard InChI is InChI=1S/C20H20Br2FN5O3S/c21-14-5-6-17(22)19(7-14)32(30,31)27-15-8-16(28(11-15)12-24)10-26-20(29)25-9-13-3-1-2-4-18(13)23/h1-7,15-16,27H,8-11H2,(H2,25,26,29). The van der Waals surface area contributed by atoms with Crippen LogP contribution >= 0.6 is 31.9 Å². The van der Waals surface area contributed by atoms with Crippen molar-refractivity contribution in [1.29, 1.82) is 5.26 Å². The number of halogens is 3. The molecule has 3 rings (SSSR count). The highest BCUT2D eigenvalue weighted by atomic mass is 79.9. The van der Waals surface area contributed by atoms with Crippen molar-refractivity contribution < 1.29 is 17.6 Å². The molecule has 0 bridgehead atoms. The monoisotopic (exact) mass is 587 g/mol. The number of nitriles is 1. The Morgan fingerprint density at radius 1 is 1.22 bits per heavy atom. The highest BCUT2D eigenvalue weighted by Gasteiger charge is 2.35. The van der Waals surface area contributed by atoms with Gasteiger partial charge in [-0.2, -0.15) is 5.26 Å². The van der Waals surface area contributed by atoms with Crippen molar-refractivity contribution in [3.05, 3.63) is 62.8 Å². The molecule has 2 aromatic rings. The van der Waals surface area contributed by atoms with E-state index in [0.717, 1.165) is 0 Å². The van der Waals surface area contributed by atoms with E-state index < -0.39 is 27.9 Å². The molecule has 1 aliphatic rings. The molecule has 1 heterocycles. The molecule has 2 aromatic carbocycles. The van der Waals surface area contributed by atoms with Crippen LogP contribution in [0.4, 0.5) is 9.18 Å². The van der Waals surface area contributed by atoms with Crippen molar-refractivity contribution in [3.63, 3.8) is 0 Å². The van der Waals surface area contributed by atoms with Crippen LogP contribution in [0.5, 0.6) is 0 Å². The first kappa shape index (κ1) is 24.4. The SMILES string of the molecule is N#CN1CC(NS(=O)(=O)c2cc(Br)ccc2Br)CC1CNC(=O)NCc1ccccc1F. The van der Waals surface area contributed by atoms with Gasteiger partial charge in [0.2, 0.25) is 10.0 Å².